The van der Waals surface area contributed by atoms with Gasteiger partial charge in [-0.3, -0.25) is 4.79 Å². The second kappa shape index (κ2) is 7.72. The van der Waals surface area contributed by atoms with Gasteiger partial charge >= 0.3 is 0 Å². The van der Waals surface area contributed by atoms with Gasteiger partial charge in [-0.15, -0.1) is 0 Å². The van der Waals surface area contributed by atoms with Crippen molar-refractivity contribution in [1.82, 2.24) is 10.2 Å². The molecule has 1 amide bonds. The lowest BCUT2D eigenvalue weighted by Gasteiger charge is -2.40. The molecule has 1 aliphatic heterocycles. The molecular weight excluding hydrogens is 320 g/mol. The van der Waals surface area contributed by atoms with Crippen LogP contribution in [0.3, 0.4) is 0 Å². The number of carbonyl (C=O) groups is 1. The van der Waals surface area contributed by atoms with Gasteiger partial charge in [-0.25, -0.2) is 0 Å². The van der Waals surface area contributed by atoms with Crippen molar-refractivity contribution in [3.8, 4) is 0 Å². The molecule has 1 aromatic rings. The molecular formula is C23H34N2O. The summed E-state index contributed by atoms with van der Waals surface area (Å²) < 4.78 is 0. The molecule has 2 fully saturated rings. The van der Waals surface area contributed by atoms with E-state index < -0.39 is 0 Å². The molecule has 142 valence electrons. The molecule has 1 saturated heterocycles. The van der Waals surface area contributed by atoms with Crippen LogP contribution in [0.5, 0.6) is 0 Å². The van der Waals surface area contributed by atoms with Crippen LogP contribution in [-0.4, -0.2) is 30.4 Å². The Labute approximate surface area is 158 Å². The fraction of sp³-hybridized carbons (Fsp3) is 0.696. The lowest BCUT2D eigenvalue weighted by molar-refractivity contribution is -0.119. The molecule has 0 bridgehead atoms. The van der Waals surface area contributed by atoms with Crippen LogP contribution < -0.4 is 5.32 Å². The first kappa shape index (κ1) is 18.0. The largest absolute Gasteiger partial charge is 0.349 e. The van der Waals surface area contributed by atoms with Crippen LogP contribution in [0, 0.1) is 5.92 Å². The predicted molar refractivity (Wildman–Crippen MR) is 106 cm³/mol. The highest BCUT2D eigenvalue weighted by atomic mass is 16.1. The van der Waals surface area contributed by atoms with Crippen molar-refractivity contribution >= 4 is 5.91 Å². The van der Waals surface area contributed by atoms with Crippen LogP contribution >= 0.6 is 0 Å². The predicted octanol–water partition coefficient (Wildman–Crippen LogP) is 4.57. The van der Waals surface area contributed by atoms with Gasteiger partial charge in [-0.2, -0.15) is 0 Å². The molecule has 3 nitrogen and oxygen atoms in total. The fourth-order valence-electron chi connectivity index (χ4n) is 5.85. The second-order valence-electron chi connectivity index (χ2n) is 8.96. The number of piperidine rings is 1. The summed E-state index contributed by atoms with van der Waals surface area (Å²) in [7, 11) is 0. The number of nitrogens with one attached hydrogen (secondary N) is 1. The van der Waals surface area contributed by atoms with Gasteiger partial charge in [-0.1, -0.05) is 49.9 Å². The third kappa shape index (κ3) is 3.69. The summed E-state index contributed by atoms with van der Waals surface area (Å²) in [6.45, 7) is 5.35. The summed E-state index contributed by atoms with van der Waals surface area (Å²) in [5.74, 6) is 1.11. The van der Waals surface area contributed by atoms with E-state index in [1.807, 2.05) is 0 Å². The molecule has 3 aliphatic rings. The summed E-state index contributed by atoms with van der Waals surface area (Å²) in [5, 5.41) is 3.19. The van der Waals surface area contributed by atoms with Crippen LogP contribution in [-0.2, 0) is 10.2 Å². The van der Waals surface area contributed by atoms with E-state index in [9.17, 15) is 4.79 Å². The second-order valence-corrected chi connectivity index (χ2v) is 8.96. The maximum absolute atomic E-state index is 11.6. The number of fused-ring (bicyclic) bond motifs is 2. The SMILES string of the molecule is CC(=O)NC1CC2(CCN(CCCC3CCCC3)CC2)c2ccccc21. The van der Waals surface area contributed by atoms with Crippen molar-refractivity contribution in [2.75, 3.05) is 19.6 Å². The summed E-state index contributed by atoms with van der Waals surface area (Å²) in [6, 6.07) is 9.03. The zero-order chi connectivity index (χ0) is 18.0. The number of rotatable bonds is 5. The van der Waals surface area contributed by atoms with E-state index in [0.29, 0.717) is 0 Å². The van der Waals surface area contributed by atoms with Gasteiger partial charge in [0, 0.05) is 12.3 Å². The Morgan fingerprint density at radius 1 is 1.19 bits per heavy atom. The van der Waals surface area contributed by atoms with E-state index in [1.165, 1.54) is 82.1 Å². The standard InChI is InChI=1S/C23H34N2O/c1-18(26)24-22-17-23(21-11-5-4-10-20(21)22)12-15-25(16-13-23)14-6-9-19-7-2-3-8-19/h4-5,10-11,19,22H,2-3,6-9,12-17H2,1H3,(H,24,26). The molecule has 1 spiro atoms. The number of carbonyl (C=O) groups excluding carboxylic acids is 1. The minimum Gasteiger partial charge on any atom is -0.349 e. The first-order chi connectivity index (χ1) is 12.7. The maximum Gasteiger partial charge on any atom is 0.217 e. The summed E-state index contributed by atoms with van der Waals surface area (Å²) in [4.78, 5) is 14.3. The molecule has 2 aliphatic carbocycles. The zero-order valence-corrected chi connectivity index (χ0v) is 16.3. The van der Waals surface area contributed by atoms with E-state index >= 15 is 0 Å². The lowest BCUT2D eigenvalue weighted by Crippen LogP contribution is -2.42. The smallest absolute Gasteiger partial charge is 0.217 e. The highest BCUT2D eigenvalue weighted by Gasteiger charge is 2.45. The van der Waals surface area contributed by atoms with Crippen molar-refractivity contribution in [1.29, 1.82) is 0 Å². The molecule has 1 saturated carbocycles. The Morgan fingerprint density at radius 3 is 2.65 bits per heavy atom. The van der Waals surface area contributed by atoms with Crippen molar-refractivity contribution in [3.05, 3.63) is 35.4 Å². The number of hydrogen-bond donors (Lipinski definition) is 1. The fourth-order valence-corrected chi connectivity index (χ4v) is 5.85. The molecule has 1 N–H and O–H groups in total. The van der Waals surface area contributed by atoms with Crippen molar-refractivity contribution in [2.45, 2.75) is 76.2 Å². The number of nitrogens with zero attached hydrogens (tertiary/aromatic N) is 1. The third-order valence-corrected chi connectivity index (χ3v) is 7.25. The minimum absolute atomic E-state index is 0.0891. The lowest BCUT2D eigenvalue weighted by atomic mass is 9.73. The number of amides is 1. The zero-order valence-electron chi connectivity index (χ0n) is 16.3. The van der Waals surface area contributed by atoms with Crippen LogP contribution in [0.2, 0.25) is 0 Å². The van der Waals surface area contributed by atoms with Crippen LogP contribution in [0.15, 0.2) is 24.3 Å². The monoisotopic (exact) mass is 354 g/mol. The maximum atomic E-state index is 11.6. The highest BCUT2D eigenvalue weighted by Crippen LogP contribution is 2.50. The Kier molecular flexibility index (Phi) is 5.35. The summed E-state index contributed by atoms with van der Waals surface area (Å²) in [5.41, 5.74) is 3.15. The first-order valence-electron chi connectivity index (χ1n) is 10.8. The van der Waals surface area contributed by atoms with Gasteiger partial charge in [0.05, 0.1) is 6.04 Å². The van der Waals surface area contributed by atoms with Crippen molar-refractivity contribution in [2.24, 2.45) is 5.92 Å². The topological polar surface area (TPSA) is 32.3 Å². The van der Waals surface area contributed by atoms with Crippen LogP contribution in [0.1, 0.15) is 81.9 Å². The summed E-state index contributed by atoms with van der Waals surface area (Å²) >= 11 is 0. The Balaban J connectivity index is 1.35. The van der Waals surface area contributed by atoms with Gasteiger partial charge < -0.3 is 10.2 Å². The van der Waals surface area contributed by atoms with E-state index in [1.54, 1.807) is 6.92 Å². The average Bonchev–Trinajstić information content (AvgIpc) is 3.25. The molecule has 0 radical (unpaired) electrons. The van der Waals surface area contributed by atoms with Gasteiger partial charge in [0.2, 0.25) is 5.91 Å². The molecule has 0 aromatic heterocycles. The molecule has 1 aromatic carbocycles. The average molecular weight is 355 g/mol. The quantitative estimate of drug-likeness (QED) is 0.840. The van der Waals surface area contributed by atoms with Gasteiger partial charge in [0.15, 0.2) is 0 Å². The van der Waals surface area contributed by atoms with E-state index in [-0.39, 0.29) is 17.4 Å². The molecule has 1 unspecified atom stereocenters. The van der Waals surface area contributed by atoms with Crippen molar-refractivity contribution in [3.63, 3.8) is 0 Å². The van der Waals surface area contributed by atoms with Gasteiger partial charge in [-0.05, 0) is 68.8 Å². The highest BCUT2D eigenvalue weighted by molar-refractivity contribution is 5.73. The molecule has 3 heteroatoms. The Bertz CT molecular complexity index is 627. The molecule has 1 atom stereocenters. The number of likely N-dealkylation sites (tertiary alicyclic amines) is 1. The number of benzene rings is 1. The minimum atomic E-state index is 0.0891. The van der Waals surface area contributed by atoms with Gasteiger partial charge in [0.1, 0.15) is 0 Å². The molecule has 1 heterocycles. The Hall–Kier alpha value is -1.35. The van der Waals surface area contributed by atoms with E-state index in [4.69, 9.17) is 0 Å². The normalized spacial score (nSPS) is 25.5. The van der Waals surface area contributed by atoms with Crippen molar-refractivity contribution < 1.29 is 4.79 Å². The van der Waals surface area contributed by atoms with Gasteiger partial charge in [0.25, 0.3) is 0 Å². The van der Waals surface area contributed by atoms with Crippen LogP contribution in [0.4, 0.5) is 0 Å². The Morgan fingerprint density at radius 2 is 1.92 bits per heavy atom. The number of hydrogen-bond acceptors (Lipinski definition) is 2. The van der Waals surface area contributed by atoms with E-state index in [0.717, 1.165) is 12.3 Å². The van der Waals surface area contributed by atoms with E-state index in [2.05, 4.69) is 34.5 Å². The third-order valence-electron chi connectivity index (χ3n) is 7.25. The molecule has 26 heavy (non-hydrogen) atoms. The van der Waals surface area contributed by atoms with Crippen LogP contribution in [0.25, 0.3) is 0 Å². The molecule has 4 rings (SSSR count). The summed E-state index contributed by atoms with van der Waals surface area (Å²) in [6.07, 6.45) is 12.3. The first-order valence-corrected chi connectivity index (χ1v) is 10.8.